The highest BCUT2D eigenvalue weighted by atomic mass is 35.7. The van der Waals surface area contributed by atoms with Crippen LogP contribution in [0.1, 0.15) is 19.8 Å². The number of ether oxygens (including phenoxy) is 2. The maximum absolute atomic E-state index is 11.2. The normalized spacial score (nSPS) is 11.6. The van der Waals surface area contributed by atoms with Gasteiger partial charge in [-0.2, -0.15) is 0 Å². The summed E-state index contributed by atoms with van der Waals surface area (Å²) in [5.41, 5.74) is 0. The molecule has 0 atom stereocenters. The Labute approximate surface area is 133 Å². The zero-order valence-electron chi connectivity index (χ0n) is 10.9. The highest BCUT2D eigenvalue weighted by molar-refractivity contribution is 8.13. The molecule has 0 saturated carbocycles. The quantitative estimate of drug-likeness (QED) is 0.516. The van der Waals surface area contributed by atoms with E-state index in [2.05, 4.69) is 6.92 Å². The summed E-state index contributed by atoms with van der Waals surface area (Å²) in [7, 11) is 1.35. The van der Waals surface area contributed by atoms with E-state index >= 15 is 0 Å². The monoisotopic (exact) mass is 360 g/mol. The Morgan fingerprint density at radius 3 is 2.20 bits per heavy atom. The van der Waals surface area contributed by atoms with Crippen LogP contribution in [0, 0.1) is 0 Å². The van der Waals surface area contributed by atoms with E-state index in [9.17, 15) is 8.42 Å². The predicted octanol–water partition coefficient (Wildman–Crippen LogP) is 4.12. The maximum Gasteiger partial charge on any atom is 0.261 e. The Morgan fingerprint density at radius 1 is 1.10 bits per heavy atom. The number of hydrogen-bond acceptors (Lipinski definition) is 4. The molecule has 1 aromatic carbocycles. The summed E-state index contributed by atoms with van der Waals surface area (Å²) in [4.78, 5) is -0.166. The van der Waals surface area contributed by atoms with Gasteiger partial charge in [0.25, 0.3) is 9.05 Å². The van der Waals surface area contributed by atoms with E-state index < -0.39 is 9.05 Å². The van der Waals surface area contributed by atoms with Crippen LogP contribution < -0.4 is 4.74 Å². The van der Waals surface area contributed by atoms with E-state index in [0.29, 0.717) is 13.2 Å². The third kappa shape index (κ3) is 5.66. The van der Waals surface area contributed by atoms with Gasteiger partial charge in [0.2, 0.25) is 0 Å². The molecule has 0 N–H and O–H groups in total. The number of rotatable bonds is 8. The van der Waals surface area contributed by atoms with Gasteiger partial charge in [0.1, 0.15) is 6.61 Å². The summed E-state index contributed by atoms with van der Waals surface area (Å²) in [5, 5.41) is 0.176. The molecule has 0 fully saturated rings. The van der Waals surface area contributed by atoms with Crippen LogP contribution in [0.5, 0.6) is 5.75 Å². The van der Waals surface area contributed by atoms with Gasteiger partial charge in [-0.05, 0) is 18.6 Å². The van der Waals surface area contributed by atoms with Crippen molar-refractivity contribution >= 4 is 42.9 Å². The average Bonchev–Trinajstić information content (AvgIpc) is 2.34. The van der Waals surface area contributed by atoms with Crippen LogP contribution >= 0.6 is 33.9 Å². The van der Waals surface area contributed by atoms with Gasteiger partial charge in [0.15, 0.2) is 5.75 Å². The minimum absolute atomic E-state index is 0.0882. The van der Waals surface area contributed by atoms with E-state index in [-0.39, 0.29) is 27.3 Å². The van der Waals surface area contributed by atoms with Crippen molar-refractivity contribution in [3.8, 4) is 5.75 Å². The Balaban J connectivity index is 2.63. The molecular weight excluding hydrogens is 347 g/mol. The summed E-state index contributed by atoms with van der Waals surface area (Å²) >= 11 is 11.9. The van der Waals surface area contributed by atoms with Gasteiger partial charge in [-0.15, -0.1) is 0 Å². The Bertz CT molecular complexity index is 523. The molecule has 20 heavy (non-hydrogen) atoms. The molecule has 8 heteroatoms. The molecule has 0 aliphatic rings. The van der Waals surface area contributed by atoms with E-state index in [0.717, 1.165) is 12.8 Å². The molecule has 0 aliphatic carbocycles. The van der Waals surface area contributed by atoms with Crippen molar-refractivity contribution in [3.05, 3.63) is 22.2 Å². The summed E-state index contributed by atoms with van der Waals surface area (Å²) in [6, 6.07) is 2.39. The molecular formula is C12H15Cl3O4S. The van der Waals surface area contributed by atoms with Gasteiger partial charge < -0.3 is 9.47 Å². The van der Waals surface area contributed by atoms with Crippen LogP contribution in [0.3, 0.4) is 0 Å². The Kier molecular flexibility index (Phi) is 7.40. The number of benzene rings is 1. The predicted molar refractivity (Wildman–Crippen MR) is 80.7 cm³/mol. The molecule has 0 heterocycles. The fourth-order valence-corrected chi connectivity index (χ4v) is 2.88. The number of unbranched alkanes of at least 4 members (excludes halogenated alkanes) is 1. The topological polar surface area (TPSA) is 52.6 Å². The second-order valence-electron chi connectivity index (χ2n) is 3.97. The Morgan fingerprint density at radius 2 is 1.70 bits per heavy atom. The van der Waals surface area contributed by atoms with Crippen LogP contribution in [0.25, 0.3) is 0 Å². The van der Waals surface area contributed by atoms with Crippen LogP contribution in [0.2, 0.25) is 10.0 Å². The molecule has 1 aromatic rings. The first-order valence-electron chi connectivity index (χ1n) is 6.00. The van der Waals surface area contributed by atoms with E-state index in [1.165, 1.54) is 12.1 Å². The summed E-state index contributed by atoms with van der Waals surface area (Å²) < 4.78 is 33.1. The lowest BCUT2D eigenvalue weighted by molar-refractivity contribution is 0.0981. The zero-order chi connectivity index (χ0) is 15.2. The molecule has 0 aliphatic heterocycles. The molecule has 4 nitrogen and oxygen atoms in total. The third-order valence-corrected chi connectivity index (χ3v) is 4.26. The zero-order valence-corrected chi connectivity index (χ0v) is 13.9. The fourth-order valence-electron chi connectivity index (χ4n) is 1.37. The van der Waals surface area contributed by atoms with Crippen molar-refractivity contribution in [2.45, 2.75) is 24.7 Å². The fraction of sp³-hybridized carbons (Fsp3) is 0.500. The first kappa shape index (κ1) is 17.9. The lowest BCUT2D eigenvalue weighted by Gasteiger charge is -2.11. The summed E-state index contributed by atoms with van der Waals surface area (Å²) in [6.07, 6.45) is 2.05. The van der Waals surface area contributed by atoms with Gasteiger partial charge in [0, 0.05) is 17.3 Å². The van der Waals surface area contributed by atoms with Crippen molar-refractivity contribution in [3.63, 3.8) is 0 Å². The molecule has 0 saturated heterocycles. The highest BCUT2D eigenvalue weighted by Crippen LogP contribution is 2.36. The van der Waals surface area contributed by atoms with Crippen LogP contribution in [-0.2, 0) is 13.8 Å². The van der Waals surface area contributed by atoms with Crippen molar-refractivity contribution < 1.29 is 17.9 Å². The minimum Gasteiger partial charge on any atom is -0.488 e. The first-order valence-corrected chi connectivity index (χ1v) is 9.07. The van der Waals surface area contributed by atoms with E-state index in [1.807, 2.05) is 0 Å². The summed E-state index contributed by atoms with van der Waals surface area (Å²) in [5.74, 6) is 0.219. The minimum atomic E-state index is -3.88. The van der Waals surface area contributed by atoms with Crippen molar-refractivity contribution in [2.75, 3.05) is 19.8 Å². The van der Waals surface area contributed by atoms with E-state index in [4.69, 9.17) is 43.4 Å². The van der Waals surface area contributed by atoms with Crippen LogP contribution in [-0.4, -0.2) is 28.2 Å². The van der Waals surface area contributed by atoms with Gasteiger partial charge in [-0.3, -0.25) is 0 Å². The second-order valence-corrected chi connectivity index (χ2v) is 7.35. The van der Waals surface area contributed by atoms with Crippen LogP contribution in [0.15, 0.2) is 17.0 Å². The van der Waals surface area contributed by atoms with Crippen molar-refractivity contribution in [1.82, 2.24) is 0 Å². The van der Waals surface area contributed by atoms with Crippen molar-refractivity contribution in [1.29, 1.82) is 0 Å². The molecule has 114 valence electrons. The lowest BCUT2D eigenvalue weighted by atomic mass is 10.3. The van der Waals surface area contributed by atoms with Crippen molar-refractivity contribution in [2.24, 2.45) is 0 Å². The molecule has 0 bridgehead atoms. The van der Waals surface area contributed by atoms with Crippen LogP contribution in [0.4, 0.5) is 0 Å². The largest absolute Gasteiger partial charge is 0.488 e. The average molecular weight is 362 g/mol. The van der Waals surface area contributed by atoms with E-state index in [1.54, 1.807) is 0 Å². The number of hydrogen-bond donors (Lipinski definition) is 0. The van der Waals surface area contributed by atoms with Gasteiger partial charge in [-0.1, -0.05) is 36.5 Å². The highest BCUT2D eigenvalue weighted by Gasteiger charge is 2.16. The Hall–Kier alpha value is -0.200. The third-order valence-electron chi connectivity index (χ3n) is 2.37. The van der Waals surface area contributed by atoms with Gasteiger partial charge in [0.05, 0.1) is 21.5 Å². The van der Waals surface area contributed by atoms with Gasteiger partial charge in [-0.25, -0.2) is 8.42 Å². The molecule has 0 radical (unpaired) electrons. The molecule has 0 aromatic heterocycles. The number of halogens is 3. The molecule has 0 unspecified atom stereocenters. The second kappa shape index (κ2) is 8.29. The van der Waals surface area contributed by atoms with Gasteiger partial charge >= 0.3 is 0 Å². The molecule has 0 spiro atoms. The SMILES string of the molecule is CCCCOCCOc1c(Cl)cc(S(=O)(=O)Cl)cc1Cl. The molecule has 0 amide bonds. The summed E-state index contributed by atoms with van der Waals surface area (Å²) in [6.45, 7) is 3.43. The maximum atomic E-state index is 11.2. The molecule has 1 rings (SSSR count). The smallest absolute Gasteiger partial charge is 0.261 e. The lowest BCUT2D eigenvalue weighted by Crippen LogP contribution is -2.08. The standard InChI is InChI=1S/C12H15Cl3O4S/c1-2-3-4-18-5-6-19-12-10(13)7-9(8-11(12)14)20(15,16)17/h7-8H,2-6H2,1H3. The first-order chi connectivity index (χ1) is 9.36.